The molecule has 1 aliphatic heterocycles. The molecule has 0 amide bonds. The lowest BCUT2D eigenvalue weighted by molar-refractivity contribution is -0.147. The van der Waals surface area contributed by atoms with Gasteiger partial charge in [0.1, 0.15) is 0 Å². The monoisotopic (exact) mass is 276 g/mol. The van der Waals surface area contributed by atoms with Crippen molar-refractivity contribution in [3.05, 3.63) is 35.9 Å². The van der Waals surface area contributed by atoms with E-state index in [1.165, 1.54) is 12.7 Å². The molecule has 2 rings (SSSR count). The zero-order valence-corrected chi connectivity index (χ0v) is 12.3. The molecule has 0 aliphatic carbocycles. The molecule has 0 aromatic heterocycles. The molecule has 1 saturated heterocycles. The van der Waals surface area contributed by atoms with Crippen molar-refractivity contribution in [2.75, 3.05) is 26.7 Å². The first-order valence-electron chi connectivity index (χ1n) is 7.30. The number of hydrogen-bond donors (Lipinski definition) is 1. The summed E-state index contributed by atoms with van der Waals surface area (Å²) in [6.45, 7) is 5.76. The van der Waals surface area contributed by atoms with Crippen LogP contribution in [0.1, 0.15) is 18.9 Å². The van der Waals surface area contributed by atoms with E-state index in [0.717, 1.165) is 32.6 Å². The van der Waals surface area contributed by atoms with Gasteiger partial charge in [0, 0.05) is 25.7 Å². The number of likely N-dealkylation sites (tertiary alicyclic amines) is 1. The Hall–Kier alpha value is -1.39. The van der Waals surface area contributed by atoms with E-state index < -0.39 is 0 Å². The Morgan fingerprint density at radius 3 is 2.75 bits per heavy atom. The van der Waals surface area contributed by atoms with E-state index in [4.69, 9.17) is 4.74 Å². The Kier molecular flexibility index (Phi) is 5.56. The third-order valence-electron chi connectivity index (χ3n) is 3.95. The lowest BCUT2D eigenvalue weighted by atomic mass is 9.94. The van der Waals surface area contributed by atoms with E-state index in [1.54, 1.807) is 0 Å². The van der Waals surface area contributed by atoms with Gasteiger partial charge in [-0.3, -0.25) is 4.79 Å². The summed E-state index contributed by atoms with van der Waals surface area (Å²) in [4.78, 5) is 14.1. The van der Waals surface area contributed by atoms with Crippen molar-refractivity contribution in [3.8, 4) is 0 Å². The van der Waals surface area contributed by atoms with E-state index in [9.17, 15) is 4.79 Å². The van der Waals surface area contributed by atoms with Gasteiger partial charge in [-0.1, -0.05) is 37.3 Å². The number of benzene rings is 1. The summed E-state index contributed by atoms with van der Waals surface area (Å²) in [5.74, 6) is -0.100. The first-order valence-corrected chi connectivity index (χ1v) is 7.30. The highest BCUT2D eigenvalue weighted by Crippen LogP contribution is 2.18. The molecule has 4 nitrogen and oxygen atoms in total. The summed E-state index contributed by atoms with van der Waals surface area (Å²) in [7, 11) is 1.47. The number of rotatable bonds is 5. The highest BCUT2D eigenvalue weighted by molar-refractivity contribution is 5.72. The highest BCUT2D eigenvalue weighted by atomic mass is 16.5. The summed E-state index contributed by atoms with van der Waals surface area (Å²) in [6, 6.07) is 10.7. The molecular formula is C16H24N2O2. The zero-order valence-electron chi connectivity index (χ0n) is 12.3. The van der Waals surface area contributed by atoms with Gasteiger partial charge in [-0.25, -0.2) is 0 Å². The fraction of sp³-hybridized carbons (Fsp3) is 0.562. The Labute approximate surface area is 121 Å². The van der Waals surface area contributed by atoms with Gasteiger partial charge in [0.25, 0.3) is 0 Å². The number of hydrogen-bond acceptors (Lipinski definition) is 4. The molecule has 1 aromatic rings. The van der Waals surface area contributed by atoms with Gasteiger partial charge < -0.3 is 15.0 Å². The zero-order chi connectivity index (χ0) is 14.4. The lowest BCUT2D eigenvalue weighted by Crippen LogP contribution is -2.50. The molecule has 20 heavy (non-hydrogen) atoms. The van der Waals surface area contributed by atoms with Crippen LogP contribution >= 0.6 is 0 Å². The smallest absolute Gasteiger partial charge is 0.310 e. The average Bonchev–Trinajstić information content (AvgIpc) is 2.52. The second-order valence-corrected chi connectivity index (χ2v) is 5.37. The molecule has 4 heteroatoms. The number of carbonyl (C=O) groups is 1. The fourth-order valence-corrected chi connectivity index (χ4v) is 2.79. The van der Waals surface area contributed by atoms with Crippen molar-refractivity contribution in [2.24, 2.45) is 5.92 Å². The third kappa shape index (κ3) is 4.05. The number of esters is 1. The van der Waals surface area contributed by atoms with Crippen LogP contribution in [0, 0.1) is 5.92 Å². The van der Waals surface area contributed by atoms with E-state index in [1.807, 2.05) is 18.2 Å². The standard InChI is InChI=1S/C16H24N2O2/c1-3-18-11-14(16(19)20-2)9-15(12-18)17-10-13-7-5-4-6-8-13/h4-8,14-15,17H,3,9-12H2,1-2H3. The van der Waals surface area contributed by atoms with Crippen LogP contribution in [0.3, 0.4) is 0 Å². The third-order valence-corrected chi connectivity index (χ3v) is 3.95. The number of ether oxygens (including phenoxy) is 1. The Morgan fingerprint density at radius 2 is 2.10 bits per heavy atom. The van der Waals surface area contributed by atoms with Gasteiger partial charge in [0.05, 0.1) is 13.0 Å². The van der Waals surface area contributed by atoms with Crippen molar-refractivity contribution in [3.63, 3.8) is 0 Å². The number of piperidine rings is 1. The number of nitrogens with one attached hydrogen (secondary N) is 1. The molecule has 1 aliphatic rings. The molecular weight excluding hydrogens is 252 g/mol. The van der Waals surface area contributed by atoms with Crippen LogP contribution < -0.4 is 5.32 Å². The number of likely N-dealkylation sites (N-methyl/N-ethyl adjacent to an activating group) is 1. The van der Waals surface area contributed by atoms with Gasteiger partial charge in [0.2, 0.25) is 0 Å². The van der Waals surface area contributed by atoms with E-state index in [0.29, 0.717) is 6.04 Å². The Morgan fingerprint density at radius 1 is 1.35 bits per heavy atom. The maximum Gasteiger partial charge on any atom is 0.310 e. The van der Waals surface area contributed by atoms with Crippen LogP contribution in [0.25, 0.3) is 0 Å². The SMILES string of the molecule is CCN1CC(NCc2ccccc2)CC(C(=O)OC)C1. The molecule has 0 radical (unpaired) electrons. The molecule has 0 bridgehead atoms. The normalized spacial score (nSPS) is 23.5. The predicted molar refractivity (Wildman–Crippen MR) is 79.3 cm³/mol. The van der Waals surface area contributed by atoms with Gasteiger partial charge >= 0.3 is 5.97 Å². The summed E-state index contributed by atoms with van der Waals surface area (Å²) in [6.07, 6.45) is 0.857. The minimum absolute atomic E-state index is 0.0121. The molecule has 0 saturated carbocycles. The maximum absolute atomic E-state index is 11.8. The summed E-state index contributed by atoms with van der Waals surface area (Å²) >= 11 is 0. The number of nitrogens with zero attached hydrogens (tertiary/aromatic N) is 1. The number of carbonyl (C=O) groups excluding carboxylic acids is 1. The van der Waals surface area contributed by atoms with Crippen LogP contribution in [-0.2, 0) is 16.1 Å². The number of methoxy groups -OCH3 is 1. The van der Waals surface area contributed by atoms with Gasteiger partial charge in [-0.05, 0) is 18.5 Å². The largest absolute Gasteiger partial charge is 0.469 e. The first-order chi connectivity index (χ1) is 9.72. The van der Waals surface area contributed by atoms with Gasteiger partial charge in [0.15, 0.2) is 0 Å². The van der Waals surface area contributed by atoms with Gasteiger partial charge in [-0.2, -0.15) is 0 Å². The quantitative estimate of drug-likeness (QED) is 0.831. The molecule has 0 spiro atoms. The maximum atomic E-state index is 11.8. The summed E-state index contributed by atoms with van der Waals surface area (Å²) in [5.41, 5.74) is 1.27. The highest BCUT2D eigenvalue weighted by Gasteiger charge is 2.31. The van der Waals surface area contributed by atoms with Crippen molar-refractivity contribution in [1.29, 1.82) is 0 Å². The molecule has 1 aromatic carbocycles. The predicted octanol–water partition coefficient (Wildman–Crippen LogP) is 1.66. The minimum Gasteiger partial charge on any atom is -0.469 e. The fourth-order valence-electron chi connectivity index (χ4n) is 2.79. The second-order valence-electron chi connectivity index (χ2n) is 5.37. The lowest BCUT2D eigenvalue weighted by Gasteiger charge is -2.36. The van der Waals surface area contributed by atoms with Crippen molar-refractivity contribution >= 4 is 5.97 Å². The van der Waals surface area contributed by atoms with Crippen molar-refractivity contribution in [1.82, 2.24) is 10.2 Å². The first kappa shape index (κ1) is 15.0. The molecule has 1 fully saturated rings. The van der Waals surface area contributed by atoms with E-state index in [2.05, 4.69) is 29.3 Å². The second kappa shape index (κ2) is 7.41. The van der Waals surface area contributed by atoms with E-state index in [-0.39, 0.29) is 11.9 Å². The van der Waals surface area contributed by atoms with E-state index >= 15 is 0 Å². The molecule has 1 heterocycles. The molecule has 1 N–H and O–H groups in total. The Bertz CT molecular complexity index is 422. The van der Waals surface area contributed by atoms with Crippen LogP contribution in [0.2, 0.25) is 0 Å². The van der Waals surface area contributed by atoms with Crippen LogP contribution in [0.15, 0.2) is 30.3 Å². The van der Waals surface area contributed by atoms with Crippen LogP contribution in [-0.4, -0.2) is 43.7 Å². The molecule has 2 atom stereocenters. The van der Waals surface area contributed by atoms with Gasteiger partial charge in [-0.15, -0.1) is 0 Å². The van der Waals surface area contributed by atoms with Crippen molar-refractivity contribution < 1.29 is 9.53 Å². The van der Waals surface area contributed by atoms with Crippen molar-refractivity contribution in [2.45, 2.75) is 25.9 Å². The topological polar surface area (TPSA) is 41.6 Å². The van der Waals surface area contributed by atoms with Crippen LogP contribution in [0.4, 0.5) is 0 Å². The summed E-state index contributed by atoms with van der Waals surface area (Å²) in [5, 5.41) is 3.56. The summed E-state index contributed by atoms with van der Waals surface area (Å²) < 4.78 is 4.90. The molecule has 110 valence electrons. The average molecular weight is 276 g/mol. The van der Waals surface area contributed by atoms with Crippen LogP contribution in [0.5, 0.6) is 0 Å². The Balaban J connectivity index is 1.91. The molecule has 2 unspecified atom stereocenters. The minimum atomic E-state index is -0.0883.